The molecule has 0 heteroatoms. The summed E-state index contributed by atoms with van der Waals surface area (Å²) in [5, 5.41) is 0. The Balaban J connectivity index is 2.30. The summed E-state index contributed by atoms with van der Waals surface area (Å²) in [7, 11) is 0. The highest BCUT2D eigenvalue weighted by Gasteiger charge is 2.42. The van der Waals surface area contributed by atoms with Crippen LogP contribution in [0, 0.1) is 17.3 Å². The van der Waals surface area contributed by atoms with Gasteiger partial charge in [0.2, 0.25) is 0 Å². The van der Waals surface area contributed by atoms with Gasteiger partial charge in [-0.1, -0.05) is 31.9 Å². The molecule has 0 aromatic rings. The zero-order chi connectivity index (χ0) is 8.06. The summed E-state index contributed by atoms with van der Waals surface area (Å²) >= 11 is 0. The van der Waals surface area contributed by atoms with Gasteiger partial charge in [0.05, 0.1) is 0 Å². The molecule has 0 aromatic heterocycles. The van der Waals surface area contributed by atoms with E-state index in [4.69, 9.17) is 0 Å². The van der Waals surface area contributed by atoms with E-state index in [1.165, 1.54) is 19.3 Å². The maximum atomic E-state index is 2.50. The van der Waals surface area contributed by atoms with Crippen molar-refractivity contribution < 1.29 is 0 Å². The molecule has 0 bridgehead atoms. The van der Waals surface area contributed by atoms with Crippen LogP contribution in [-0.4, -0.2) is 0 Å². The molecule has 0 spiro atoms. The molecule has 2 rings (SSSR count). The SMILES string of the molecule is CC1=CC(C)(C)C2CCCC12. The van der Waals surface area contributed by atoms with Gasteiger partial charge in [-0.25, -0.2) is 0 Å². The Morgan fingerprint density at radius 1 is 1.36 bits per heavy atom. The van der Waals surface area contributed by atoms with Crippen LogP contribution in [0.1, 0.15) is 40.0 Å². The first-order valence-corrected chi connectivity index (χ1v) is 4.80. The second kappa shape index (κ2) is 2.12. The van der Waals surface area contributed by atoms with Crippen molar-refractivity contribution in [3.05, 3.63) is 11.6 Å². The third-order valence-electron chi connectivity index (χ3n) is 3.66. The highest BCUT2D eigenvalue weighted by Crippen LogP contribution is 2.53. The fourth-order valence-electron chi connectivity index (χ4n) is 3.20. The van der Waals surface area contributed by atoms with Crippen LogP contribution in [0.5, 0.6) is 0 Å². The smallest absolute Gasteiger partial charge is 0.0138 e. The van der Waals surface area contributed by atoms with Gasteiger partial charge in [0.25, 0.3) is 0 Å². The van der Waals surface area contributed by atoms with Gasteiger partial charge in [0.1, 0.15) is 0 Å². The molecule has 0 saturated heterocycles. The van der Waals surface area contributed by atoms with E-state index in [9.17, 15) is 0 Å². The van der Waals surface area contributed by atoms with Gasteiger partial charge < -0.3 is 0 Å². The Morgan fingerprint density at radius 3 is 2.73 bits per heavy atom. The topological polar surface area (TPSA) is 0 Å². The molecular formula is C11H18. The van der Waals surface area contributed by atoms with Crippen LogP contribution < -0.4 is 0 Å². The number of hydrogen-bond acceptors (Lipinski definition) is 0. The summed E-state index contributed by atoms with van der Waals surface area (Å²) in [6, 6.07) is 0. The van der Waals surface area contributed by atoms with Crippen LogP contribution in [0.4, 0.5) is 0 Å². The molecule has 2 atom stereocenters. The van der Waals surface area contributed by atoms with Gasteiger partial charge in [-0.15, -0.1) is 0 Å². The van der Waals surface area contributed by atoms with E-state index in [1.807, 2.05) is 0 Å². The zero-order valence-corrected chi connectivity index (χ0v) is 7.85. The maximum Gasteiger partial charge on any atom is -0.0138 e. The van der Waals surface area contributed by atoms with Gasteiger partial charge in [0.15, 0.2) is 0 Å². The summed E-state index contributed by atoms with van der Waals surface area (Å²) in [4.78, 5) is 0. The van der Waals surface area contributed by atoms with E-state index in [-0.39, 0.29) is 0 Å². The molecule has 1 saturated carbocycles. The highest BCUT2D eigenvalue weighted by atomic mass is 14.5. The molecule has 0 aromatic carbocycles. The van der Waals surface area contributed by atoms with Crippen LogP contribution in [0.3, 0.4) is 0 Å². The van der Waals surface area contributed by atoms with Crippen LogP contribution in [0.15, 0.2) is 11.6 Å². The third kappa shape index (κ3) is 0.953. The Morgan fingerprint density at radius 2 is 2.09 bits per heavy atom. The molecule has 62 valence electrons. The van der Waals surface area contributed by atoms with Crippen molar-refractivity contribution in [1.29, 1.82) is 0 Å². The van der Waals surface area contributed by atoms with Crippen LogP contribution >= 0.6 is 0 Å². The fraction of sp³-hybridized carbons (Fsp3) is 0.818. The van der Waals surface area contributed by atoms with Crippen LogP contribution in [0.25, 0.3) is 0 Å². The number of allylic oxidation sites excluding steroid dienone is 2. The predicted octanol–water partition coefficient (Wildman–Crippen LogP) is 3.39. The highest BCUT2D eigenvalue weighted by molar-refractivity contribution is 5.21. The Bertz CT molecular complexity index is 198. The monoisotopic (exact) mass is 150 g/mol. The van der Waals surface area contributed by atoms with Crippen molar-refractivity contribution in [2.75, 3.05) is 0 Å². The number of hydrogen-bond donors (Lipinski definition) is 0. The number of fused-ring (bicyclic) bond motifs is 1. The molecule has 2 aliphatic carbocycles. The lowest BCUT2D eigenvalue weighted by Crippen LogP contribution is -2.18. The first kappa shape index (κ1) is 7.39. The van der Waals surface area contributed by atoms with E-state index < -0.39 is 0 Å². The maximum absolute atomic E-state index is 2.50. The van der Waals surface area contributed by atoms with Crippen molar-refractivity contribution >= 4 is 0 Å². The molecular weight excluding hydrogens is 132 g/mol. The van der Waals surface area contributed by atoms with Crippen LogP contribution in [0.2, 0.25) is 0 Å². The summed E-state index contributed by atoms with van der Waals surface area (Å²) in [5.74, 6) is 1.92. The molecule has 0 amide bonds. The van der Waals surface area contributed by atoms with Crippen molar-refractivity contribution in [2.45, 2.75) is 40.0 Å². The molecule has 1 fully saturated rings. The van der Waals surface area contributed by atoms with E-state index in [2.05, 4.69) is 26.8 Å². The Hall–Kier alpha value is -0.260. The van der Waals surface area contributed by atoms with Gasteiger partial charge in [-0.3, -0.25) is 0 Å². The quantitative estimate of drug-likeness (QED) is 0.464. The lowest BCUT2D eigenvalue weighted by atomic mass is 9.79. The third-order valence-corrected chi connectivity index (χ3v) is 3.66. The van der Waals surface area contributed by atoms with Crippen molar-refractivity contribution in [3.8, 4) is 0 Å². The molecule has 0 radical (unpaired) electrons. The summed E-state index contributed by atoms with van der Waals surface area (Å²) in [5.41, 5.74) is 2.17. The minimum absolute atomic E-state index is 0.505. The molecule has 0 heterocycles. The Kier molecular flexibility index (Phi) is 1.42. The summed E-state index contributed by atoms with van der Waals surface area (Å²) < 4.78 is 0. The van der Waals surface area contributed by atoms with Crippen LogP contribution in [-0.2, 0) is 0 Å². The molecule has 0 aliphatic heterocycles. The molecule has 11 heavy (non-hydrogen) atoms. The standard InChI is InChI=1S/C11H18/c1-8-7-11(2,3)10-6-4-5-9(8)10/h7,9-10H,4-6H2,1-3H3. The molecule has 0 N–H and O–H groups in total. The molecule has 2 aliphatic rings. The van der Waals surface area contributed by atoms with Gasteiger partial charge in [0, 0.05) is 0 Å². The summed E-state index contributed by atoms with van der Waals surface area (Å²) in [6.45, 7) is 7.11. The minimum atomic E-state index is 0.505. The van der Waals surface area contributed by atoms with E-state index in [0.717, 1.165) is 11.8 Å². The molecule has 0 nitrogen and oxygen atoms in total. The minimum Gasteiger partial charge on any atom is -0.0793 e. The predicted molar refractivity (Wildman–Crippen MR) is 48.4 cm³/mol. The fourth-order valence-corrected chi connectivity index (χ4v) is 3.20. The zero-order valence-electron chi connectivity index (χ0n) is 7.85. The lowest BCUT2D eigenvalue weighted by molar-refractivity contribution is 0.274. The van der Waals surface area contributed by atoms with Gasteiger partial charge >= 0.3 is 0 Å². The Labute approximate surface area is 69.7 Å². The van der Waals surface area contributed by atoms with E-state index in [0.29, 0.717) is 5.41 Å². The average Bonchev–Trinajstić information content (AvgIpc) is 2.37. The second-order valence-electron chi connectivity index (χ2n) is 4.85. The first-order valence-electron chi connectivity index (χ1n) is 4.80. The van der Waals surface area contributed by atoms with Gasteiger partial charge in [-0.05, 0) is 37.0 Å². The number of rotatable bonds is 0. The van der Waals surface area contributed by atoms with Crippen molar-refractivity contribution in [3.63, 3.8) is 0 Å². The molecule has 2 unspecified atom stereocenters. The van der Waals surface area contributed by atoms with E-state index in [1.54, 1.807) is 5.57 Å². The van der Waals surface area contributed by atoms with Crippen molar-refractivity contribution in [2.24, 2.45) is 17.3 Å². The lowest BCUT2D eigenvalue weighted by Gasteiger charge is -2.25. The van der Waals surface area contributed by atoms with Crippen molar-refractivity contribution in [1.82, 2.24) is 0 Å². The van der Waals surface area contributed by atoms with E-state index >= 15 is 0 Å². The normalized spacial score (nSPS) is 40.5. The largest absolute Gasteiger partial charge is 0.0793 e. The first-order chi connectivity index (χ1) is 5.11. The second-order valence-corrected chi connectivity index (χ2v) is 4.85. The van der Waals surface area contributed by atoms with Gasteiger partial charge in [-0.2, -0.15) is 0 Å². The summed E-state index contributed by atoms with van der Waals surface area (Å²) in [6.07, 6.45) is 6.88. The average molecular weight is 150 g/mol.